The minimum Gasteiger partial charge on any atom is -0.361 e. The quantitative estimate of drug-likeness (QED) is 0.433. The molecule has 7 atom stereocenters. The number of nitrogens with one attached hydrogen (secondary N) is 2. The van der Waals surface area contributed by atoms with Crippen LogP contribution in [0.2, 0.25) is 0 Å². The number of ether oxygens (including phenoxy) is 1. The molecule has 10 heteroatoms. The third-order valence-corrected chi connectivity index (χ3v) is 10.6. The summed E-state index contributed by atoms with van der Waals surface area (Å²) in [5.41, 5.74) is 2.74. The Bertz CT molecular complexity index is 1640. The number of carbonyl (C=O) groups is 3. The van der Waals surface area contributed by atoms with E-state index in [9.17, 15) is 19.5 Å². The summed E-state index contributed by atoms with van der Waals surface area (Å²) in [5.74, 6) is -3.31. The minimum absolute atomic E-state index is 0.171. The van der Waals surface area contributed by atoms with Crippen LogP contribution >= 0.6 is 0 Å². The summed E-state index contributed by atoms with van der Waals surface area (Å²) in [6.45, 7) is 2.56. The Kier molecular flexibility index (Phi) is 5.86. The number of aliphatic hydroxyl groups is 1. The Morgan fingerprint density at radius 3 is 2.79 bits per heavy atom. The lowest BCUT2D eigenvalue weighted by Gasteiger charge is -2.48. The van der Waals surface area contributed by atoms with Gasteiger partial charge < -0.3 is 25.2 Å². The molecule has 4 fully saturated rings. The molecule has 224 valence electrons. The first-order valence-corrected chi connectivity index (χ1v) is 15.4. The fourth-order valence-corrected chi connectivity index (χ4v) is 8.65. The van der Waals surface area contributed by atoms with Crippen molar-refractivity contribution < 1.29 is 24.2 Å². The topological polar surface area (TPSA) is 118 Å². The van der Waals surface area contributed by atoms with Gasteiger partial charge in [-0.3, -0.25) is 24.0 Å². The Morgan fingerprint density at radius 2 is 1.98 bits per heavy atom. The van der Waals surface area contributed by atoms with Crippen molar-refractivity contribution in [3.05, 3.63) is 71.4 Å². The van der Waals surface area contributed by atoms with Crippen molar-refractivity contribution in [3.63, 3.8) is 0 Å². The monoisotopic (exact) mass is 583 g/mol. The second-order valence-electron chi connectivity index (χ2n) is 13.2. The highest BCUT2D eigenvalue weighted by atomic mass is 16.7. The van der Waals surface area contributed by atoms with Gasteiger partial charge in [0.05, 0.1) is 5.92 Å². The number of H-pyrrole nitrogens is 1. The standard InChI is InChI=1S/C33H37N5O5/c1-32(35-29(39)21-15-23-22-10-6-11-24-28(22)20(17-34-24)16-25(23)36(2)18-21)31(41)38-26(14-19-8-4-3-5-9-19)30(40)37-13-7-12-27(37)33(38,42)43-32/h3-6,8-11,17,21,23,25-27,34,42H,7,12-16,18H2,1-2H3,(H,35,39)/t21-,23?,25-,26?,27?,32?,33?/m1/s1. The van der Waals surface area contributed by atoms with Crippen molar-refractivity contribution in [2.75, 3.05) is 20.1 Å². The molecule has 1 aliphatic carbocycles. The molecule has 8 rings (SSSR count). The number of carbonyl (C=O) groups excluding carboxylic acids is 3. The van der Waals surface area contributed by atoms with Crippen molar-refractivity contribution in [2.45, 2.75) is 74.7 Å². The number of likely N-dealkylation sites (tertiary alicyclic amines) is 1. The maximum absolute atomic E-state index is 14.2. The van der Waals surface area contributed by atoms with Crippen LogP contribution in [0.1, 0.15) is 48.8 Å². The lowest BCUT2D eigenvalue weighted by Crippen LogP contribution is -2.71. The number of benzene rings is 2. The van der Waals surface area contributed by atoms with Crippen molar-refractivity contribution in [2.24, 2.45) is 5.92 Å². The smallest absolute Gasteiger partial charge is 0.280 e. The van der Waals surface area contributed by atoms with Crippen LogP contribution in [-0.2, 0) is 32.0 Å². The largest absolute Gasteiger partial charge is 0.361 e. The van der Waals surface area contributed by atoms with Crippen LogP contribution < -0.4 is 5.32 Å². The van der Waals surface area contributed by atoms with E-state index in [1.807, 2.05) is 30.3 Å². The normalized spacial score (nSPS) is 35.2. The van der Waals surface area contributed by atoms with E-state index >= 15 is 0 Å². The fraction of sp³-hybridized carbons (Fsp3) is 0.485. The maximum Gasteiger partial charge on any atom is 0.280 e. The maximum atomic E-state index is 14.2. The number of nitrogens with zero attached hydrogens (tertiary/aromatic N) is 3. The molecule has 1 aromatic heterocycles. The number of piperazine rings is 1. The molecule has 5 unspecified atom stereocenters. The van der Waals surface area contributed by atoms with E-state index in [-0.39, 0.29) is 36.1 Å². The first-order chi connectivity index (χ1) is 20.7. The molecular formula is C33H37N5O5. The van der Waals surface area contributed by atoms with Crippen molar-refractivity contribution in [1.29, 1.82) is 0 Å². The number of likely N-dealkylation sites (N-methyl/N-ethyl adjacent to an activating group) is 1. The number of hydrogen-bond donors (Lipinski definition) is 3. The Balaban J connectivity index is 1.08. The second-order valence-corrected chi connectivity index (χ2v) is 13.2. The number of amides is 3. The predicted molar refractivity (Wildman–Crippen MR) is 157 cm³/mol. The van der Waals surface area contributed by atoms with Crippen molar-refractivity contribution in [1.82, 2.24) is 25.0 Å². The van der Waals surface area contributed by atoms with E-state index in [1.165, 1.54) is 28.3 Å². The van der Waals surface area contributed by atoms with Crippen LogP contribution in [0.4, 0.5) is 0 Å². The zero-order chi connectivity index (χ0) is 29.7. The van der Waals surface area contributed by atoms with E-state index in [4.69, 9.17) is 4.74 Å². The predicted octanol–water partition coefficient (Wildman–Crippen LogP) is 2.08. The lowest BCUT2D eigenvalue weighted by atomic mass is 9.72. The van der Waals surface area contributed by atoms with Gasteiger partial charge in [-0.15, -0.1) is 0 Å². The van der Waals surface area contributed by atoms with Gasteiger partial charge in [0.15, 0.2) is 0 Å². The van der Waals surface area contributed by atoms with E-state index in [1.54, 1.807) is 4.90 Å². The zero-order valence-electron chi connectivity index (χ0n) is 24.5. The molecule has 5 aliphatic rings. The van der Waals surface area contributed by atoms with Gasteiger partial charge in [-0.25, -0.2) is 0 Å². The zero-order valence-corrected chi connectivity index (χ0v) is 24.5. The van der Waals surface area contributed by atoms with Gasteiger partial charge in [-0.05, 0) is 62.4 Å². The highest BCUT2D eigenvalue weighted by molar-refractivity contribution is 5.97. The number of rotatable bonds is 4. The lowest BCUT2D eigenvalue weighted by molar-refractivity contribution is -0.315. The Labute approximate surface area is 250 Å². The SMILES string of the molecule is CN1C[C@H](C(=O)NC2(C)OC3(O)C4CCCN4C(=O)C(Cc4ccccc4)N3C2=O)CC2c3cccc4[nH]cc(c34)C[C@H]21. The van der Waals surface area contributed by atoms with Crippen LogP contribution in [0, 0.1) is 5.92 Å². The molecule has 4 saturated heterocycles. The molecule has 4 aliphatic heterocycles. The number of aromatic nitrogens is 1. The molecule has 0 saturated carbocycles. The van der Waals surface area contributed by atoms with Gasteiger partial charge in [-0.1, -0.05) is 42.5 Å². The van der Waals surface area contributed by atoms with E-state index in [0.717, 1.165) is 17.5 Å². The molecular weight excluding hydrogens is 546 g/mol. The van der Waals surface area contributed by atoms with Crippen LogP contribution in [0.5, 0.6) is 0 Å². The highest BCUT2D eigenvalue weighted by Gasteiger charge is 2.70. The summed E-state index contributed by atoms with van der Waals surface area (Å²) in [5, 5.41) is 16.2. The van der Waals surface area contributed by atoms with Gasteiger partial charge in [-0.2, -0.15) is 0 Å². The number of hydrogen-bond acceptors (Lipinski definition) is 6. The third kappa shape index (κ3) is 3.86. The van der Waals surface area contributed by atoms with Gasteiger partial charge >= 0.3 is 0 Å². The van der Waals surface area contributed by atoms with Crippen molar-refractivity contribution >= 4 is 28.6 Å². The van der Waals surface area contributed by atoms with Crippen LogP contribution in [0.3, 0.4) is 0 Å². The van der Waals surface area contributed by atoms with Crippen molar-refractivity contribution in [3.8, 4) is 0 Å². The third-order valence-electron chi connectivity index (χ3n) is 10.6. The highest BCUT2D eigenvalue weighted by Crippen LogP contribution is 2.47. The summed E-state index contributed by atoms with van der Waals surface area (Å²) in [6, 6.07) is 14.4. The number of fused-ring (bicyclic) bond motifs is 5. The first kappa shape index (κ1) is 26.9. The summed E-state index contributed by atoms with van der Waals surface area (Å²) < 4.78 is 6.25. The Morgan fingerprint density at radius 1 is 1.16 bits per heavy atom. The fourth-order valence-electron chi connectivity index (χ4n) is 8.65. The van der Waals surface area contributed by atoms with Crippen LogP contribution in [0.15, 0.2) is 54.7 Å². The molecule has 3 N–H and O–H groups in total. The second kappa shape index (κ2) is 9.38. The van der Waals surface area contributed by atoms with Gasteiger partial charge in [0.25, 0.3) is 11.8 Å². The van der Waals surface area contributed by atoms with E-state index in [0.29, 0.717) is 32.4 Å². The van der Waals surface area contributed by atoms with E-state index in [2.05, 4.69) is 46.6 Å². The molecule has 5 heterocycles. The minimum atomic E-state index is -2.03. The average molecular weight is 584 g/mol. The number of piperidine rings is 1. The van der Waals surface area contributed by atoms with Crippen LogP contribution in [0.25, 0.3) is 10.9 Å². The van der Waals surface area contributed by atoms with Gasteiger partial charge in [0.2, 0.25) is 17.5 Å². The van der Waals surface area contributed by atoms with Crippen LogP contribution in [-0.4, -0.2) is 92.4 Å². The molecule has 0 spiro atoms. The van der Waals surface area contributed by atoms with E-state index < -0.39 is 29.6 Å². The number of aromatic amines is 1. The molecule has 3 aromatic rings. The molecule has 10 nitrogen and oxygen atoms in total. The summed E-state index contributed by atoms with van der Waals surface area (Å²) in [6.07, 6.45) is 5.13. The van der Waals surface area contributed by atoms with Gasteiger partial charge in [0.1, 0.15) is 12.1 Å². The Hall–Kier alpha value is -3.73. The summed E-state index contributed by atoms with van der Waals surface area (Å²) in [4.78, 5) is 50.4. The molecule has 0 bridgehead atoms. The molecule has 2 aromatic carbocycles. The molecule has 0 radical (unpaired) electrons. The molecule has 3 amide bonds. The summed E-state index contributed by atoms with van der Waals surface area (Å²) in [7, 11) is 2.06. The average Bonchev–Trinajstić information content (AvgIpc) is 3.70. The molecule has 43 heavy (non-hydrogen) atoms. The first-order valence-electron chi connectivity index (χ1n) is 15.4. The summed E-state index contributed by atoms with van der Waals surface area (Å²) >= 11 is 0. The van der Waals surface area contributed by atoms with Gasteiger partial charge in [0, 0.05) is 48.6 Å².